The molecule has 4 heteroatoms. The molecular formula is C15H26N4. The number of rotatable bonds is 5. The van der Waals surface area contributed by atoms with Crippen molar-refractivity contribution in [1.29, 1.82) is 0 Å². The van der Waals surface area contributed by atoms with E-state index in [1.165, 1.54) is 30.5 Å². The molecule has 0 amide bonds. The lowest BCUT2D eigenvalue weighted by Gasteiger charge is -2.27. The van der Waals surface area contributed by atoms with Crippen molar-refractivity contribution in [2.75, 3.05) is 38.6 Å². The molecule has 0 aliphatic carbocycles. The van der Waals surface area contributed by atoms with Crippen LogP contribution in [-0.4, -0.2) is 49.7 Å². The summed E-state index contributed by atoms with van der Waals surface area (Å²) in [5.74, 6) is 1.10. The number of aromatic nitrogens is 1. The zero-order valence-electron chi connectivity index (χ0n) is 12.4. The second-order valence-corrected chi connectivity index (χ2v) is 5.68. The van der Waals surface area contributed by atoms with Gasteiger partial charge in [-0.3, -0.25) is 0 Å². The van der Waals surface area contributed by atoms with Crippen molar-refractivity contribution in [3.05, 3.63) is 23.4 Å². The average Bonchev–Trinajstić information content (AvgIpc) is 2.75. The van der Waals surface area contributed by atoms with Crippen LogP contribution in [0.15, 0.2) is 12.3 Å². The maximum atomic E-state index is 5.59. The highest BCUT2D eigenvalue weighted by Gasteiger charge is 2.22. The van der Waals surface area contributed by atoms with Crippen LogP contribution in [0.25, 0.3) is 0 Å². The largest absolute Gasteiger partial charge is 0.358 e. The van der Waals surface area contributed by atoms with Crippen LogP contribution >= 0.6 is 0 Å². The minimum atomic E-state index is 0.662. The highest BCUT2D eigenvalue weighted by Crippen LogP contribution is 2.21. The van der Waals surface area contributed by atoms with Crippen LogP contribution < -0.4 is 10.6 Å². The van der Waals surface area contributed by atoms with Crippen LogP contribution in [0.1, 0.15) is 24.0 Å². The Kier molecular flexibility index (Phi) is 4.77. The number of anilines is 1. The minimum Gasteiger partial charge on any atom is -0.358 e. The van der Waals surface area contributed by atoms with Gasteiger partial charge in [0.15, 0.2) is 0 Å². The maximum Gasteiger partial charge on any atom is 0.131 e. The van der Waals surface area contributed by atoms with Gasteiger partial charge in [-0.25, -0.2) is 4.98 Å². The summed E-state index contributed by atoms with van der Waals surface area (Å²) in [6.07, 6.45) is 5.48. The number of aryl methyl sites for hydroxylation is 1. The van der Waals surface area contributed by atoms with E-state index in [9.17, 15) is 0 Å². The van der Waals surface area contributed by atoms with Gasteiger partial charge in [-0.2, -0.15) is 0 Å². The SMILES string of the molecule is Cc1cc(CCN)cnc1N(C)CC1CCCN1C. The molecule has 19 heavy (non-hydrogen) atoms. The third kappa shape index (κ3) is 3.45. The fourth-order valence-corrected chi connectivity index (χ4v) is 2.94. The minimum absolute atomic E-state index is 0.662. The Morgan fingerprint density at radius 2 is 2.32 bits per heavy atom. The third-order valence-electron chi connectivity index (χ3n) is 4.06. The molecule has 0 bridgehead atoms. The van der Waals surface area contributed by atoms with Crippen LogP contribution in [0, 0.1) is 6.92 Å². The van der Waals surface area contributed by atoms with Gasteiger partial charge in [0.05, 0.1) is 0 Å². The molecule has 2 rings (SSSR count). The molecule has 0 aromatic carbocycles. The van der Waals surface area contributed by atoms with Crippen molar-refractivity contribution in [3.8, 4) is 0 Å². The van der Waals surface area contributed by atoms with Gasteiger partial charge in [0.1, 0.15) is 5.82 Å². The van der Waals surface area contributed by atoms with Crippen molar-refractivity contribution >= 4 is 5.82 Å². The van der Waals surface area contributed by atoms with E-state index in [4.69, 9.17) is 5.73 Å². The number of likely N-dealkylation sites (N-methyl/N-ethyl adjacent to an activating group) is 2. The Balaban J connectivity index is 2.04. The lowest BCUT2D eigenvalue weighted by Crippen LogP contribution is -2.37. The monoisotopic (exact) mass is 262 g/mol. The Hall–Kier alpha value is -1.13. The molecule has 1 aliphatic heterocycles. The molecule has 1 aromatic rings. The van der Waals surface area contributed by atoms with Crippen molar-refractivity contribution < 1.29 is 0 Å². The van der Waals surface area contributed by atoms with Crippen LogP contribution in [0.3, 0.4) is 0 Å². The van der Waals surface area contributed by atoms with Gasteiger partial charge in [0, 0.05) is 25.8 Å². The molecule has 0 radical (unpaired) electrons. The normalized spacial score (nSPS) is 19.9. The Morgan fingerprint density at radius 3 is 2.89 bits per heavy atom. The number of nitrogens with two attached hydrogens (primary N) is 1. The van der Waals surface area contributed by atoms with Gasteiger partial charge in [0.25, 0.3) is 0 Å². The number of nitrogens with zero attached hydrogens (tertiary/aromatic N) is 3. The summed E-state index contributed by atoms with van der Waals surface area (Å²) >= 11 is 0. The lowest BCUT2D eigenvalue weighted by molar-refractivity contribution is 0.314. The molecule has 1 unspecified atom stereocenters. The molecule has 1 fully saturated rings. The van der Waals surface area contributed by atoms with Crippen LogP contribution in [0.2, 0.25) is 0 Å². The first-order valence-electron chi connectivity index (χ1n) is 7.18. The van der Waals surface area contributed by atoms with E-state index in [1.54, 1.807) is 0 Å². The van der Waals surface area contributed by atoms with Crippen molar-refractivity contribution in [1.82, 2.24) is 9.88 Å². The first-order valence-corrected chi connectivity index (χ1v) is 7.18. The van der Waals surface area contributed by atoms with Gasteiger partial charge in [-0.15, -0.1) is 0 Å². The van der Waals surface area contributed by atoms with Crippen molar-refractivity contribution in [2.45, 2.75) is 32.2 Å². The van der Waals surface area contributed by atoms with E-state index in [0.29, 0.717) is 12.6 Å². The molecule has 0 spiro atoms. The third-order valence-corrected chi connectivity index (χ3v) is 4.06. The second kappa shape index (κ2) is 6.35. The van der Waals surface area contributed by atoms with Gasteiger partial charge >= 0.3 is 0 Å². The molecule has 1 aliphatic rings. The number of hydrogen-bond donors (Lipinski definition) is 1. The summed E-state index contributed by atoms with van der Waals surface area (Å²) in [7, 11) is 4.36. The lowest BCUT2D eigenvalue weighted by atomic mass is 10.1. The zero-order chi connectivity index (χ0) is 13.8. The molecule has 4 nitrogen and oxygen atoms in total. The topological polar surface area (TPSA) is 45.4 Å². The van der Waals surface area contributed by atoms with Crippen molar-refractivity contribution in [3.63, 3.8) is 0 Å². The molecule has 2 N–H and O–H groups in total. The molecule has 1 atom stereocenters. The zero-order valence-corrected chi connectivity index (χ0v) is 12.4. The number of hydrogen-bond acceptors (Lipinski definition) is 4. The first kappa shape index (κ1) is 14.3. The van der Waals surface area contributed by atoms with E-state index < -0.39 is 0 Å². The number of likely N-dealkylation sites (tertiary alicyclic amines) is 1. The smallest absolute Gasteiger partial charge is 0.131 e. The first-order chi connectivity index (χ1) is 9.11. The molecule has 1 aromatic heterocycles. The molecule has 1 saturated heterocycles. The van der Waals surface area contributed by atoms with E-state index in [2.05, 4.69) is 41.9 Å². The maximum absolute atomic E-state index is 5.59. The molecular weight excluding hydrogens is 236 g/mol. The number of pyridine rings is 1. The van der Waals surface area contributed by atoms with E-state index in [-0.39, 0.29) is 0 Å². The summed E-state index contributed by atoms with van der Waals surface area (Å²) in [6, 6.07) is 2.87. The highest BCUT2D eigenvalue weighted by atomic mass is 15.2. The fourth-order valence-electron chi connectivity index (χ4n) is 2.94. The van der Waals surface area contributed by atoms with E-state index in [1.807, 2.05) is 6.20 Å². The van der Waals surface area contributed by atoms with Crippen molar-refractivity contribution in [2.24, 2.45) is 5.73 Å². The van der Waals surface area contributed by atoms with Gasteiger partial charge in [0.2, 0.25) is 0 Å². The fraction of sp³-hybridized carbons (Fsp3) is 0.667. The van der Waals surface area contributed by atoms with Crippen LogP contribution in [-0.2, 0) is 6.42 Å². The predicted octanol–water partition coefficient (Wildman–Crippen LogP) is 1.42. The van der Waals surface area contributed by atoms with Gasteiger partial charge in [-0.05, 0) is 57.5 Å². The second-order valence-electron chi connectivity index (χ2n) is 5.68. The standard InChI is InChI=1S/C15H26N4/c1-12-9-13(6-7-16)10-17-15(12)19(3)11-14-5-4-8-18(14)2/h9-10,14H,4-8,11,16H2,1-3H3. The predicted molar refractivity (Wildman–Crippen MR) is 80.7 cm³/mol. The summed E-state index contributed by atoms with van der Waals surface area (Å²) in [5, 5.41) is 0. The van der Waals surface area contributed by atoms with Crippen LogP contribution in [0.4, 0.5) is 5.82 Å². The van der Waals surface area contributed by atoms with E-state index >= 15 is 0 Å². The van der Waals surface area contributed by atoms with Gasteiger partial charge < -0.3 is 15.5 Å². The average molecular weight is 262 g/mol. The Morgan fingerprint density at radius 1 is 1.53 bits per heavy atom. The summed E-state index contributed by atoms with van der Waals surface area (Å²) in [5.41, 5.74) is 8.07. The summed E-state index contributed by atoms with van der Waals surface area (Å²) in [4.78, 5) is 9.35. The van der Waals surface area contributed by atoms with Crippen LogP contribution in [0.5, 0.6) is 0 Å². The molecule has 106 valence electrons. The summed E-state index contributed by atoms with van der Waals surface area (Å²) < 4.78 is 0. The quantitative estimate of drug-likeness (QED) is 0.872. The highest BCUT2D eigenvalue weighted by molar-refractivity contribution is 5.46. The molecule has 0 saturated carbocycles. The summed E-state index contributed by atoms with van der Waals surface area (Å²) in [6.45, 7) is 5.10. The van der Waals surface area contributed by atoms with Gasteiger partial charge in [-0.1, -0.05) is 6.07 Å². The Labute approximate surface area is 116 Å². The van der Waals surface area contributed by atoms with E-state index in [0.717, 1.165) is 18.8 Å². The molecule has 2 heterocycles. The Bertz CT molecular complexity index is 419.